The molecule has 0 aromatic heterocycles. The molecule has 0 aliphatic carbocycles. The van der Waals surface area contributed by atoms with Crippen molar-refractivity contribution >= 4 is 11.8 Å². The minimum atomic E-state index is 0.330. The normalized spacial score (nSPS) is 15.2. The van der Waals surface area contributed by atoms with Crippen LogP contribution in [0.2, 0.25) is 0 Å². The predicted molar refractivity (Wildman–Crippen MR) is 83.0 cm³/mol. The Morgan fingerprint density at radius 3 is 2.76 bits per heavy atom. The number of nitrogens with zero attached hydrogens (tertiary/aromatic N) is 2. The van der Waals surface area contributed by atoms with Crippen molar-refractivity contribution in [2.45, 2.75) is 6.42 Å². The van der Waals surface area contributed by atoms with E-state index < -0.39 is 0 Å². The summed E-state index contributed by atoms with van der Waals surface area (Å²) in [6.07, 6.45) is 4.43. The minimum absolute atomic E-state index is 0.330. The minimum Gasteiger partial charge on any atom is -0.508 e. The molecule has 2 aliphatic rings. The molecule has 4 rings (SSSR count). The summed E-state index contributed by atoms with van der Waals surface area (Å²) in [6, 6.07) is 13.8. The Morgan fingerprint density at radius 2 is 1.90 bits per heavy atom. The first-order chi connectivity index (χ1) is 10.3. The second kappa shape index (κ2) is 4.70. The van der Waals surface area contributed by atoms with Gasteiger partial charge in [-0.05, 0) is 23.8 Å². The Hall–Kier alpha value is -2.68. The van der Waals surface area contributed by atoms with E-state index in [2.05, 4.69) is 22.1 Å². The van der Waals surface area contributed by atoms with Gasteiger partial charge in [-0.25, -0.2) is 4.99 Å². The molecule has 1 N–H and O–H groups in total. The lowest BCUT2D eigenvalue weighted by Crippen LogP contribution is -2.28. The molecule has 2 heterocycles. The molecule has 2 aliphatic heterocycles. The summed E-state index contributed by atoms with van der Waals surface area (Å²) in [5.41, 5.74) is 4.21. The van der Waals surface area contributed by atoms with Gasteiger partial charge >= 0.3 is 0 Å². The van der Waals surface area contributed by atoms with Crippen LogP contribution in [0.25, 0.3) is 5.57 Å². The van der Waals surface area contributed by atoms with Crippen molar-refractivity contribution < 1.29 is 5.11 Å². The molecule has 102 valence electrons. The number of aromatic hydroxyl groups is 1. The summed E-state index contributed by atoms with van der Waals surface area (Å²) in [4.78, 5) is 8.96. The number of fused-ring (bicyclic) bond motifs is 2. The number of hydrogen-bond donors (Lipinski definition) is 1. The first kappa shape index (κ1) is 12.1. The zero-order valence-electron chi connectivity index (χ0n) is 11.5. The lowest BCUT2D eigenvalue weighted by atomic mass is 9.98. The van der Waals surface area contributed by atoms with E-state index in [1.807, 2.05) is 30.3 Å². The molecule has 0 atom stereocenters. The van der Waals surface area contributed by atoms with E-state index in [4.69, 9.17) is 0 Å². The van der Waals surface area contributed by atoms with E-state index in [1.54, 1.807) is 12.3 Å². The Bertz CT molecular complexity index is 893. The lowest BCUT2D eigenvalue weighted by Gasteiger charge is -2.08. The molecule has 0 bridgehead atoms. The van der Waals surface area contributed by atoms with Crippen LogP contribution in [0.1, 0.15) is 11.1 Å². The van der Waals surface area contributed by atoms with Gasteiger partial charge in [-0.15, -0.1) is 0 Å². The molecule has 0 amide bonds. The molecule has 0 spiro atoms. The van der Waals surface area contributed by atoms with E-state index in [-0.39, 0.29) is 0 Å². The van der Waals surface area contributed by atoms with E-state index in [0.29, 0.717) is 18.7 Å². The van der Waals surface area contributed by atoms with Crippen LogP contribution >= 0.6 is 0 Å². The molecule has 0 fully saturated rings. The number of dihydropyridines is 1. The molecular formula is C18H14N2O. The summed E-state index contributed by atoms with van der Waals surface area (Å²) in [7, 11) is 0. The highest BCUT2D eigenvalue weighted by molar-refractivity contribution is 5.84. The molecule has 0 saturated heterocycles. The Kier molecular flexibility index (Phi) is 2.71. The molecule has 2 aromatic rings. The molecule has 21 heavy (non-hydrogen) atoms. The number of hydrogen-bond acceptors (Lipinski definition) is 3. The van der Waals surface area contributed by atoms with Gasteiger partial charge in [0.05, 0.1) is 17.6 Å². The smallest absolute Gasteiger partial charge is 0.119 e. The van der Waals surface area contributed by atoms with Gasteiger partial charge in [0.2, 0.25) is 0 Å². The Balaban J connectivity index is 1.95. The van der Waals surface area contributed by atoms with Gasteiger partial charge in [0, 0.05) is 29.0 Å². The first-order valence-corrected chi connectivity index (χ1v) is 7.00. The second-order valence-corrected chi connectivity index (χ2v) is 5.25. The average molecular weight is 274 g/mol. The zero-order valence-corrected chi connectivity index (χ0v) is 11.5. The number of phenolic OH excluding ortho intramolecular Hbond substituents is 1. The highest BCUT2D eigenvalue weighted by atomic mass is 16.3. The second-order valence-electron chi connectivity index (χ2n) is 5.25. The molecule has 0 saturated carbocycles. The van der Waals surface area contributed by atoms with Crippen LogP contribution in [-0.2, 0) is 6.42 Å². The molecular weight excluding hydrogens is 260 g/mol. The van der Waals surface area contributed by atoms with Crippen molar-refractivity contribution in [1.82, 2.24) is 0 Å². The third-order valence-corrected chi connectivity index (χ3v) is 3.93. The van der Waals surface area contributed by atoms with E-state index in [0.717, 1.165) is 27.4 Å². The van der Waals surface area contributed by atoms with Crippen LogP contribution in [0, 0.1) is 0 Å². The van der Waals surface area contributed by atoms with E-state index >= 15 is 0 Å². The number of benzene rings is 2. The van der Waals surface area contributed by atoms with Gasteiger partial charge in [0.15, 0.2) is 0 Å². The van der Waals surface area contributed by atoms with Gasteiger partial charge in [-0.2, -0.15) is 0 Å². The van der Waals surface area contributed by atoms with E-state index in [1.165, 1.54) is 5.56 Å². The fraction of sp³-hybridized carbons (Fsp3) is 0.111. The Labute approximate surface area is 122 Å². The van der Waals surface area contributed by atoms with Crippen LogP contribution in [0.15, 0.2) is 64.2 Å². The van der Waals surface area contributed by atoms with Crippen LogP contribution in [-0.4, -0.2) is 17.9 Å². The Morgan fingerprint density at radius 1 is 1.05 bits per heavy atom. The van der Waals surface area contributed by atoms with Gasteiger partial charge < -0.3 is 5.11 Å². The van der Waals surface area contributed by atoms with Crippen molar-refractivity contribution in [3.63, 3.8) is 0 Å². The van der Waals surface area contributed by atoms with Gasteiger partial charge in [-0.3, -0.25) is 4.99 Å². The molecule has 3 heteroatoms. The maximum atomic E-state index is 10.3. The van der Waals surface area contributed by atoms with Crippen molar-refractivity contribution in [1.29, 1.82) is 0 Å². The number of rotatable bonds is 2. The summed E-state index contributed by atoms with van der Waals surface area (Å²) in [5, 5.41) is 12.3. The number of allylic oxidation sites excluding steroid dienone is 1. The highest BCUT2D eigenvalue weighted by Crippen LogP contribution is 2.22. The molecule has 0 radical (unpaired) electrons. The van der Waals surface area contributed by atoms with Crippen molar-refractivity contribution in [3.05, 3.63) is 75.9 Å². The summed E-state index contributed by atoms with van der Waals surface area (Å²) in [6.45, 7) is 0.633. The van der Waals surface area contributed by atoms with Crippen LogP contribution in [0.3, 0.4) is 0 Å². The van der Waals surface area contributed by atoms with Gasteiger partial charge in [0.1, 0.15) is 5.75 Å². The fourth-order valence-electron chi connectivity index (χ4n) is 2.92. The largest absolute Gasteiger partial charge is 0.508 e. The van der Waals surface area contributed by atoms with Crippen molar-refractivity contribution in [3.8, 4) is 5.75 Å². The average Bonchev–Trinajstić information content (AvgIpc) is 2.90. The summed E-state index contributed by atoms with van der Waals surface area (Å²) >= 11 is 0. The monoisotopic (exact) mass is 274 g/mol. The fourth-order valence-corrected chi connectivity index (χ4v) is 2.92. The quantitative estimate of drug-likeness (QED) is 0.890. The maximum Gasteiger partial charge on any atom is 0.119 e. The first-order valence-electron chi connectivity index (χ1n) is 7.00. The van der Waals surface area contributed by atoms with Crippen LogP contribution in [0.4, 0.5) is 0 Å². The number of phenols is 1. The number of aliphatic imine (C=N–C) groups is 1. The SMILES string of the molecule is Oc1ccc2c(c1Cc1ccccc1)=C1CN=CC=C1N=2. The highest BCUT2D eigenvalue weighted by Gasteiger charge is 2.18. The summed E-state index contributed by atoms with van der Waals surface area (Å²) in [5.74, 6) is 0.330. The molecule has 2 aromatic carbocycles. The zero-order chi connectivity index (χ0) is 14.2. The van der Waals surface area contributed by atoms with Crippen molar-refractivity contribution in [2.75, 3.05) is 6.54 Å². The van der Waals surface area contributed by atoms with Crippen molar-refractivity contribution in [2.24, 2.45) is 9.98 Å². The molecule has 3 nitrogen and oxygen atoms in total. The van der Waals surface area contributed by atoms with Gasteiger partial charge in [-0.1, -0.05) is 30.3 Å². The third kappa shape index (κ3) is 1.98. The summed E-state index contributed by atoms with van der Waals surface area (Å²) < 4.78 is 0. The topological polar surface area (TPSA) is 45.0 Å². The van der Waals surface area contributed by atoms with Crippen LogP contribution < -0.4 is 10.6 Å². The standard InChI is InChI=1S/C18H14N2O/c21-17-7-6-16-18(14-11-19-9-8-15(14)20-16)13(17)10-12-4-2-1-3-5-12/h1-9,21H,10-11H2. The third-order valence-electron chi connectivity index (χ3n) is 3.93. The predicted octanol–water partition coefficient (Wildman–Crippen LogP) is 1.74. The maximum absolute atomic E-state index is 10.3. The lowest BCUT2D eigenvalue weighted by molar-refractivity contribution is 0.468. The van der Waals surface area contributed by atoms with Gasteiger partial charge in [0.25, 0.3) is 0 Å². The molecule has 0 unspecified atom stereocenters. The van der Waals surface area contributed by atoms with E-state index in [9.17, 15) is 5.11 Å². The van der Waals surface area contributed by atoms with Crippen LogP contribution in [0.5, 0.6) is 5.75 Å².